The van der Waals surface area contributed by atoms with Crippen LogP contribution < -0.4 is 0 Å². The largest absolute Gasteiger partial charge is 0.466 e. The minimum atomic E-state index is -0.115. The monoisotopic (exact) mass is 274 g/mol. The Morgan fingerprint density at radius 1 is 1.21 bits per heavy atom. The van der Waals surface area contributed by atoms with Crippen molar-refractivity contribution in [1.29, 1.82) is 0 Å². The summed E-state index contributed by atoms with van der Waals surface area (Å²) >= 11 is 1.70. The number of benzene rings is 2. The Morgan fingerprint density at radius 3 is 2.68 bits per heavy atom. The zero-order valence-corrected chi connectivity index (χ0v) is 12.1. The molecule has 2 aromatic rings. The number of hydrogen-bond donors (Lipinski definition) is 0. The summed E-state index contributed by atoms with van der Waals surface area (Å²) in [5.41, 5.74) is 0. The first-order chi connectivity index (χ1) is 9.20. The quantitative estimate of drug-likeness (QED) is 0.605. The van der Waals surface area contributed by atoms with Crippen molar-refractivity contribution in [3.63, 3.8) is 0 Å². The highest BCUT2D eigenvalue weighted by atomic mass is 32.2. The van der Waals surface area contributed by atoms with Crippen LogP contribution in [0.15, 0.2) is 47.4 Å². The normalized spacial score (nSPS) is 12.3. The standard InChI is InChI=1S/C16H18O2S/c1-3-18-16(17)12(2)11-19-15-9-8-13-6-4-5-7-14(13)10-15/h4-10,12H,3,11H2,1-2H3. The van der Waals surface area contributed by atoms with Crippen LogP contribution in [0.1, 0.15) is 13.8 Å². The fraction of sp³-hybridized carbons (Fsp3) is 0.312. The molecule has 0 amide bonds. The van der Waals surface area contributed by atoms with Gasteiger partial charge in [-0.25, -0.2) is 0 Å². The van der Waals surface area contributed by atoms with Gasteiger partial charge in [-0.05, 0) is 29.8 Å². The molecule has 1 atom stereocenters. The van der Waals surface area contributed by atoms with Crippen molar-refractivity contribution in [2.24, 2.45) is 5.92 Å². The minimum absolute atomic E-state index is 0.0728. The van der Waals surface area contributed by atoms with Gasteiger partial charge in [0.2, 0.25) is 0 Å². The molecule has 0 N–H and O–H groups in total. The van der Waals surface area contributed by atoms with Gasteiger partial charge in [0.25, 0.3) is 0 Å². The molecule has 1 unspecified atom stereocenters. The Balaban J connectivity index is 1.99. The summed E-state index contributed by atoms with van der Waals surface area (Å²) in [4.78, 5) is 12.7. The summed E-state index contributed by atoms with van der Waals surface area (Å²) in [5.74, 6) is 0.559. The number of carbonyl (C=O) groups excluding carboxylic acids is 1. The second kappa shape index (κ2) is 6.62. The van der Waals surface area contributed by atoms with Crippen LogP contribution in [0.2, 0.25) is 0 Å². The number of rotatable bonds is 5. The van der Waals surface area contributed by atoms with E-state index in [2.05, 4.69) is 30.3 Å². The zero-order chi connectivity index (χ0) is 13.7. The molecule has 0 spiro atoms. The maximum absolute atomic E-state index is 11.5. The van der Waals surface area contributed by atoms with Gasteiger partial charge >= 0.3 is 5.97 Å². The highest BCUT2D eigenvalue weighted by Crippen LogP contribution is 2.25. The number of esters is 1. The molecule has 3 heteroatoms. The van der Waals surface area contributed by atoms with Crippen LogP contribution in [0.5, 0.6) is 0 Å². The van der Waals surface area contributed by atoms with Crippen LogP contribution in [0.3, 0.4) is 0 Å². The molecule has 0 aliphatic rings. The topological polar surface area (TPSA) is 26.3 Å². The van der Waals surface area contributed by atoms with E-state index < -0.39 is 0 Å². The molecule has 0 aromatic heterocycles. The summed E-state index contributed by atoms with van der Waals surface area (Å²) in [5, 5.41) is 2.47. The van der Waals surface area contributed by atoms with E-state index in [9.17, 15) is 4.79 Å². The van der Waals surface area contributed by atoms with Gasteiger partial charge < -0.3 is 4.74 Å². The van der Waals surface area contributed by atoms with Crippen LogP contribution in [-0.4, -0.2) is 18.3 Å². The van der Waals surface area contributed by atoms with Crippen LogP contribution in [0.25, 0.3) is 10.8 Å². The third-order valence-corrected chi connectivity index (χ3v) is 4.16. The molecule has 2 nitrogen and oxygen atoms in total. The van der Waals surface area contributed by atoms with Gasteiger partial charge in [-0.1, -0.05) is 37.3 Å². The van der Waals surface area contributed by atoms with Crippen LogP contribution in [0, 0.1) is 5.92 Å². The number of ether oxygens (including phenoxy) is 1. The summed E-state index contributed by atoms with van der Waals surface area (Å²) < 4.78 is 5.01. The molecule has 19 heavy (non-hydrogen) atoms. The molecule has 2 rings (SSSR count). The van der Waals surface area contributed by atoms with Gasteiger partial charge in [0.15, 0.2) is 0 Å². The average Bonchev–Trinajstić information content (AvgIpc) is 2.44. The molecular formula is C16H18O2S. The number of fused-ring (bicyclic) bond motifs is 1. The fourth-order valence-electron chi connectivity index (χ4n) is 1.83. The molecule has 2 aromatic carbocycles. The Morgan fingerprint density at radius 2 is 1.95 bits per heavy atom. The molecule has 0 radical (unpaired) electrons. The van der Waals surface area contributed by atoms with Crippen LogP contribution in [0.4, 0.5) is 0 Å². The van der Waals surface area contributed by atoms with E-state index in [0.717, 1.165) is 5.75 Å². The van der Waals surface area contributed by atoms with Gasteiger partial charge in [0.05, 0.1) is 12.5 Å². The van der Waals surface area contributed by atoms with Crippen molar-refractivity contribution in [3.05, 3.63) is 42.5 Å². The maximum atomic E-state index is 11.5. The summed E-state index contributed by atoms with van der Waals surface area (Å²) in [6, 6.07) is 14.7. The third kappa shape index (κ3) is 3.74. The Bertz CT molecular complexity index is 565. The lowest BCUT2D eigenvalue weighted by atomic mass is 10.1. The Hall–Kier alpha value is -1.48. The molecule has 0 aliphatic heterocycles. The number of thioether (sulfide) groups is 1. The van der Waals surface area contributed by atoms with Gasteiger partial charge in [-0.15, -0.1) is 11.8 Å². The van der Waals surface area contributed by atoms with E-state index >= 15 is 0 Å². The molecule has 0 saturated carbocycles. The van der Waals surface area contributed by atoms with Crippen molar-refractivity contribution in [3.8, 4) is 0 Å². The molecule has 100 valence electrons. The summed E-state index contributed by atoms with van der Waals surface area (Å²) in [6.45, 7) is 4.19. The Labute approximate surface area is 118 Å². The first-order valence-corrected chi connectivity index (χ1v) is 7.47. The van der Waals surface area contributed by atoms with Gasteiger partial charge in [0.1, 0.15) is 0 Å². The lowest BCUT2D eigenvalue weighted by Gasteiger charge is -2.10. The predicted octanol–water partition coefficient (Wildman–Crippen LogP) is 4.13. The van der Waals surface area contributed by atoms with Gasteiger partial charge in [0, 0.05) is 10.6 Å². The third-order valence-electron chi connectivity index (χ3n) is 2.91. The van der Waals surface area contributed by atoms with Crippen LogP contribution in [-0.2, 0) is 9.53 Å². The maximum Gasteiger partial charge on any atom is 0.309 e. The first kappa shape index (κ1) is 13.9. The average molecular weight is 274 g/mol. The van der Waals surface area contributed by atoms with E-state index in [1.807, 2.05) is 26.0 Å². The van der Waals surface area contributed by atoms with E-state index in [-0.39, 0.29) is 11.9 Å². The molecule has 0 heterocycles. The highest BCUT2D eigenvalue weighted by Gasteiger charge is 2.14. The predicted molar refractivity (Wildman–Crippen MR) is 80.5 cm³/mol. The van der Waals surface area contributed by atoms with E-state index in [0.29, 0.717) is 6.61 Å². The van der Waals surface area contributed by atoms with Crippen molar-refractivity contribution < 1.29 is 9.53 Å². The SMILES string of the molecule is CCOC(=O)C(C)CSc1ccc2ccccc2c1. The van der Waals surface area contributed by atoms with Gasteiger partial charge in [-0.3, -0.25) is 4.79 Å². The fourth-order valence-corrected chi connectivity index (χ4v) is 2.78. The molecular weight excluding hydrogens is 256 g/mol. The smallest absolute Gasteiger partial charge is 0.309 e. The van der Waals surface area contributed by atoms with E-state index in [1.54, 1.807) is 11.8 Å². The van der Waals surface area contributed by atoms with Gasteiger partial charge in [-0.2, -0.15) is 0 Å². The minimum Gasteiger partial charge on any atom is -0.466 e. The van der Waals surface area contributed by atoms with Crippen molar-refractivity contribution in [2.75, 3.05) is 12.4 Å². The second-order valence-corrected chi connectivity index (χ2v) is 5.57. The van der Waals surface area contributed by atoms with Crippen molar-refractivity contribution in [1.82, 2.24) is 0 Å². The molecule has 0 aliphatic carbocycles. The molecule has 0 fully saturated rings. The lowest BCUT2D eigenvalue weighted by Crippen LogP contribution is -2.16. The zero-order valence-electron chi connectivity index (χ0n) is 11.3. The van der Waals surface area contributed by atoms with Crippen LogP contribution >= 0.6 is 11.8 Å². The molecule has 0 saturated heterocycles. The van der Waals surface area contributed by atoms with E-state index in [1.165, 1.54) is 15.7 Å². The Kier molecular flexibility index (Phi) is 4.86. The van der Waals surface area contributed by atoms with Crippen molar-refractivity contribution >= 4 is 28.5 Å². The van der Waals surface area contributed by atoms with E-state index in [4.69, 9.17) is 4.74 Å². The highest BCUT2D eigenvalue weighted by molar-refractivity contribution is 7.99. The molecule has 0 bridgehead atoms. The van der Waals surface area contributed by atoms with Crippen molar-refractivity contribution in [2.45, 2.75) is 18.7 Å². The summed E-state index contributed by atoms with van der Waals surface area (Å²) in [6.07, 6.45) is 0. The lowest BCUT2D eigenvalue weighted by molar-refractivity contribution is -0.146. The number of carbonyl (C=O) groups is 1. The second-order valence-electron chi connectivity index (χ2n) is 4.47. The summed E-state index contributed by atoms with van der Waals surface area (Å²) in [7, 11) is 0. The first-order valence-electron chi connectivity index (χ1n) is 6.49. The number of hydrogen-bond acceptors (Lipinski definition) is 3.